The summed E-state index contributed by atoms with van der Waals surface area (Å²) in [5.41, 5.74) is 0.447. The minimum absolute atomic E-state index is 0.0239. The SMILES string of the molecule is CC(C)[C@@](C)(C#N)NC(=O)COC(=O)[C@H](C)NC(=O)c1ccc(C(C)(C)C)cc1. The van der Waals surface area contributed by atoms with Crippen LogP contribution in [0.25, 0.3) is 0 Å². The number of carbonyl (C=O) groups is 3. The van der Waals surface area contributed by atoms with E-state index in [0.29, 0.717) is 5.56 Å². The van der Waals surface area contributed by atoms with Gasteiger partial charge in [-0.15, -0.1) is 0 Å². The Bertz CT molecular complexity index is 788. The average molecular weight is 402 g/mol. The molecule has 0 radical (unpaired) electrons. The van der Waals surface area contributed by atoms with E-state index in [4.69, 9.17) is 4.74 Å². The van der Waals surface area contributed by atoms with Crippen molar-refractivity contribution < 1.29 is 19.1 Å². The fourth-order valence-electron chi connectivity index (χ4n) is 2.35. The summed E-state index contributed by atoms with van der Waals surface area (Å²) >= 11 is 0. The molecule has 0 spiro atoms. The highest BCUT2D eigenvalue weighted by Gasteiger charge is 2.30. The largest absolute Gasteiger partial charge is 0.454 e. The van der Waals surface area contributed by atoms with Gasteiger partial charge in [-0.05, 0) is 42.9 Å². The van der Waals surface area contributed by atoms with Gasteiger partial charge < -0.3 is 15.4 Å². The van der Waals surface area contributed by atoms with E-state index in [9.17, 15) is 19.6 Å². The second kappa shape index (κ2) is 9.55. The van der Waals surface area contributed by atoms with E-state index >= 15 is 0 Å². The molecular weight excluding hydrogens is 370 g/mol. The fraction of sp³-hybridized carbons (Fsp3) is 0.545. The molecule has 0 aliphatic carbocycles. The Morgan fingerprint density at radius 3 is 2.07 bits per heavy atom. The number of rotatable bonds is 7. The number of ether oxygens (including phenoxy) is 1. The molecule has 2 atom stereocenters. The Hall–Kier alpha value is -2.88. The Balaban J connectivity index is 2.59. The van der Waals surface area contributed by atoms with Crippen LogP contribution in [0.5, 0.6) is 0 Å². The number of esters is 1. The second-order valence-corrected chi connectivity index (χ2v) is 8.65. The van der Waals surface area contributed by atoms with E-state index in [1.807, 2.05) is 18.2 Å². The summed E-state index contributed by atoms with van der Waals surface area (Å²) < 4.78 is 4.96. The Labute approximate surface area is 172 Å². The average Bonchev–Trinajstić information content (AvgIpc) is 2.65. The van der Waals surface area contributed by atoms with E-state index in [1.54, 1.807) is 32.9 Å². The molecule has 0 saturated carbocycles. The van der Waals surface area contributed by atoms with Crippen molar-refractivity contribution in [2.75, 3.05) is 6.61 Å². The Kier molecular flexibility index (Phi) is 7.96. The Morgan fingerprint density at radius 1 is 1.07 bits per heavy atom. The van der Waals surface area contributed by atoms with Crippen LogP contribution in [0.4, 0.5) is 0 Å². The number of carbonyl (C=O) groups excluding carboxylic acids is 3. The summed E-state index contributed by atoms with van der Waals surface area (Å²) in [6.07, 6.45) is 0. The summed E-state index contributed by atoms with van der Waals surface area (Å²) in [4.78, 5) is 36.4. The molecular formula is C22H31N3O4. The zero-order valence-corrected chi connectivity index (χ0v) is 18.3. The van der Waals surface area contributed by atoms with Gasteiger partial charge in [-0.25, -0.2) is 4.79 Å². The molecule has 1 aromatic rings. The minimum atomic E-state index is -1.05. The lowest BCUT2D eigenvalue weighted by Gasteiger charge is -2.27. The van der Waals surface area contributed by atoms with Crippen molar-refractivity contribution >= 4 is 17.8 Å². The summed E-state index contributed by atoms with van der Waals surface area (Å²) in [6, 6.07) is 8.29. The van der Waals surface area contributed by atoms with E-state index in [-0.39, 0.29) is 11.3 Å². The molecule has 2 amide bonds. The van der Waals surface area contributed by atoms with Gasteiger partial charge in [0, 0.05) is 5.56 Å². The molecule has 158 valence electrons. The molecule has 0 unspecified atom stereocenters. The predicted molar refractivity (Wildman–Crippen MR) is 110 cm³/mol. The van der Waals surface area contributed by atoms with Gasteiger partial charge in [0.25, 0.3) is 11.8 Å². The van der Waals surface area contributed by atoms with Crippen LogP contribution in [-0.2, 0) is 19.7 Å². The minimum Gasteiger partial charge on any atom is -0.454 e. The van der Waals surface area contributed by atoms with Crippen LogP contribution in [0.15, 0.2) is 24.3 Å². The molecule has 0 saturated heterocycles. The number of benzene rings is 1. The molecule has 7 nitrogen and oxygen atoms in total. The number of amides is 2. The van der Waals surface area contributed by atoms with Gasteiger partial charge in [-0.1, -0.05) is 46.8 Å². The van der Waals surface area contributed by atoms with Crippen molar-refractivity contribution in [3.8, 4) is 6.07 Å². The van der Waals surface area contributed by atoms with Crippen LogP contribution in [0, 0.1) is 17.2 Å². The Morgan fingerprint density at radius 2 is 1.62 bits per heavy atom. The molecule has 1 aromatic carbocycles. The number of nitriles is 1. The summed E-state index contributed by atoms with van der Waals surface area (Å²) in [6.45, 7) is 12.4. The topological polar surface area (TPSA) is 108 Å². The molecule has 0 aliphatic rings. The van der Waals surface area contributed by atoms with Crippen LogP contribution < -0.4 is 10.6 Å². The quantitative estimate of drug-likeness (QED) is 0.683. The van der Waals surface area contributed by atoms with Crippen molar-refractivity contribution in [3.05, 3.63) is 35.4 Å². The molecule has 0 fully saturated rings. The summed E-state index contributed by atoms with van der Waals surface area (Å²) in [5, 5.41) is 14.3. The van der Waals surface area contributed by atoms with Gasteiger partial charge in [-0.3, -0.25) is 9.59 Å². The molecule has 1 rings (SSSR count). The number of hydrogen-bond acceptors (Lipinski definition) is 5. The van der Waals surface area contributed by atoms with Crippen molar-refractivity contribution in [3.63, 3.8) is 0 Å². The lowest BCUT2D eigenvalue weighted by molar-refractivity contribution is -0.150. The lowest BCUT2D eigenvalue weighted by Crippen LogP contribution is -2.50. The van der Waals surface area contributed by atoms with Crippen LogP contribution >= 0.6 is 0 Å². The fourth-order valence-corrected chi connectivity index (χ4v) is 2.35. The predicted octanol–water partition coefficient (Wildman–Crippen LogP) is 2.70. The van der Waals surface area contributed by atoms with Gasteiger partial charge in [0.15, 0.2) is 6.61 Å². The highest BCUT2D eigenvalue weighted by Crippen LogP contribution is 2.22. The van der Waals surface area contributed by atoms with Gasteiger partial charge >= 0.3 is 5.97 Å². The third-order valence-corrected chi connectivity index (χ3v) is 4.85. The summed E-state index contributed by atoms with van der Waals surface area (Å²) in [5.74, 6) is -1.83. The summed E-state index contributed by atoms with van der Waals surface area (Å²) in [7, 11) is 0. The first-order valence-corrected chi connectivity index (χ1v) is 9.60. The first-order valence-electron chi connectivity index (χ1n) is 9.60. The van der Waals surface area contributed by atoms with Crippen molar-refractivity contribution in [2.45, 2.75) is 65.5 Å². The second-order valence-electron chi connectivity index (χ2n) is 8.65. The van der Waals surface area contributed by atoms with E-state index in [0.717, 1.165) is 5.56 Å². The first-order chi connectivity index (χ1) is 13.3. The van der Waals surface area contributed by atoms with E-state index < -0.39 is 36.0 Å². The van der Waals surface area contributed by atoms with Crippen LogP contribution in [-0.4, -0.2) is 36.0 Å². The molecule has 7 heteroatoms. The smallest absolute Gasteiger partial charge is 0.328 e. The van der Waals surface area contributed by atoms with Gasteiger partial charge in [0.05, 0.1) is 6.07 Å². The van der Waals surface area contributed by atoms with Gasteiger partial charge in [-0.2, -0.15) is 5.26 Å². The molecule has 0 bridgehead atoms. The molecule has 29 heavy (non-hydrogen) atoms. The van der Waals surface area contributed by atoms with Crippen LogP contribution in [0.3, 0.4) is 0 Å². The third kappa shape index (κ3) is 6.90. The maximum Gasteiger partial charge on any atom is 0.328 e. The number of hydrogen-bond donors (Lipinski definition) is 2. The molecule has 0 aliphatic heterocycles. The highest BCUT2D eigenvalue weighted by atomic mass is 16.5. The molecule has 2 N–H and O–H groups in total. The first kappa shape index (κ1) is 24.2. The number of nitrogens with zero attached hydrogens (tertiary/aromatic N) is 1. The van der Waals surface area contributed by atoms with Crippen LogP contribution in [0.2, 0.25) is 0 Å². The lowest BCUT2D eigenvalue weighted by atomic mass is 9.86. The maximum atomic E-state index is 12.3. The van der Waals surface area contributed by atoms with E-state index in [2.05, 4.69) is 31.4 Å². The van der Waals surface area contributed by atoms with Crippen molar-refractivity contribution in [2.24, 2.45) is 5.92 Å². The van der Waals surface area contributed by atoms with Crippen LogP contribution in [0.1, 0.15) is 64.4 Å². The zero-order valence-electron chi connectivity index (χ0n) is 18.3. The van der Waals surface area contributed by atoms with Crippen molar-refractivity contribution in [1.29, 1.82) is 5.26 Å². The van der Waals surface area contributed by atoms with Gasteiger partial charge in [0.1, 0.15) is 11.6 Å². The van der Waals surface area contributed by atoms with Crippen molar-refractivity contribution in [1.82, 2.24) is 10.6 Å². The molecule has 0 aromatic heterocycles. The maximum absolute atomic E-state index is 12.3. The monoisotopic (exact) mass is 401 g/mol. The standard InChI is InChI=1S/C22H31N3O4/c1-14(2)22(7,13-23)25-18(26)12-29-20(28)15(3)24-19(27)16-8-10-17(11-9-16)21(4,5)6/h8-11,14-15H,12H2,1-7H3,(H,24,27)(H,25,26)/t15-,22+/m0/s1. The molecule has 0 heterocycles. The number of nitrogens with one attached hydrogen (secondary N) is 2. The van der Waals surface area contributed by atoms with E-state index in [1.165, 1.54) is 6.92 Å². The zero-order chi connectivity index (χ0) is 22.4. The highest BCUT2D eigenvalue weighted by molar-refractivity contribution is 5.96. The van der Waals surface area contributed by atoms with Gasteiger partial charge in [0.2, 0.25) is 0 Å². The normalized spacial score (nSPS) is 14.3. The third-order valence-electron chi connectivity index (χ3n) is 4.85.